The maximum atomic E-state index is 13.7. The number of benzene rings is 3. The van der Waals surface area contributed by atoms with Crippen molar-refractivity contribution in [3.63, 3.8) is 0 Å². The van der Waals surface area contributed by atoms with Gasteiger partial charge in [-0.25, -0.2) is 8.42 Å². The summed E-state index contributed by atoms with van der Waals surface area (Å²) in [7, 11) is -4.05. The maximum Gasteiger partial charge on any atom is 0.264 e. The second-order valence-electron chi connectivity index (χ2n) is 9.22. The number of carbonyl (C=O) groups excluding carboxylic acids is 2. The molecule has 4 rings (SSSR count). The predicted octanol–water partition coefficient (Wildman–Crippen LogP) is 4.59. The van der Waals surface area contributed by atoms with Crippen LogP contribution in [0.2, 0.25) is 5.02 Å². The van der Waals surface area contributed by atoms with Crippen LogP contribution in [0.3, 0.4) is 0 Å². The third-order valence-corrected chi connectivity index (χ3v) is 8.47. The molecule has 0 atom stereocenters. The number of hydrogen-bond donors (Lipinski definition) is 1. The molecule has 0 radical (unpaired) electrons. The van der Waals surface area contributed by atoms with Crippen molar-refractivity contribution in [3.05, 3.63) is 94.0 Å². The highest BCUT2D eigenvalue weighted by Gasteiger charge is 2.28. The molecular weight excluding hydrogens is 510 g/mol. The molecule has 1 N–H and O–H groups in total. The highest BCUT2D eigenvalue weighted by Crippen LogP contribution is 2.29. The van der Waals surface area contributed by atoms with E-state index in [4.69, 9.17) is 11.6 Å². The van der Waals surface area contributed by atoms with Crippen LogP contribution >= 0.6 is 11.6 Å². The van der Waals surface area contributed by atoms with E-state index in [0.717, 1.165) is 34.0 Å². The van der Waals surface area contributed by atoms with Crippen molar-refractivity contribution in [2.24, 2.45) is 0 Å². The van der Waals surface area contributed by atoms with E-state index in [1.807, 2.05) is 36.1 Å². The minimum Gasteiger partial charge on any atom is -0.350 e. The molecule has 1 fully saturated rings. The van der Waals surface area contributed by atoms with Gasteiger partial charge in [-0.1, -0.05) is 59.6 Å². The average molecular weight is 540 g/mol. The molecule has 1 aliphatic rings. The molecule has 0 spiro atoms. The number of nitrogens with zero attached hydrogens (tertiary/aromatic N) is 2. The molecule has 1 heterocycles. The third kappa shape index (κ3) is 6.32. The lowest BCUT2D eigenvalue weighted by Gasteiger charge is -2.26. The molecule has 0 saturated carbocycles. The van der Waals surface area contributed by atoms with Crippen LogP contribution in [0, 0.1) is 13.8 Å². The van der Waals surface area contributed by atoms with Crippen LogP contribution in [0.5, 0.6) is 0 Å². The molecule has 9 heteroatoms. The Morgan fingerprint density at radius 1 is 1.03 bits per heavy atom. The summed E-state index contributed by atoms with van der Waals surface area (Å²) in [4.78, 5) is 27.1. The highest BCUT2D eigenvalue weighted by molar-refractivity contribution is 7.92. The minimum absolute atomic E-state index is 0.0888. The van der Waals surface area contributed by atoms with E-state index in [1.165, 1.54) is 12.1 Å². The lowest BCUT2D eigenvalue weighted by Crippen LogP contribution is -2.41. The molecule has 0 aromatic heterocycles. The smallest absolute Gasteiger partial charge is 0.264 e. The molecule has 2 amide bonds. The Kier molecular flexibility index (Phi) is 8.19. The molecule has 7 nitrogen and oxygen atoms in total. The number of sulfonamides is 1. The summed E-state index contributed by atoms with van der Waals surface area (Å²) in [5.41, 5.74) is 3.77. The zero-order chi connectivity index (χ0) is 26.6. The lowest BCUT2D eigenvalue weighted by atomic mass is 10.1. The zero-order valence-corrected chi connectivity index (χ0v) is 22.5. The van der Waals surface area contributed by atoms with E-state index in [-0.39, 0.29) is 17.3 Å². The Morgan fingerprint density at radius 2 is 1.73 bits per heavy atom. The van der Waals surface area contributed by atoms with Gasteiger partial charge in [0.05, 0.1) is 10.6 Å². The van der Waals surface area contributed by atoms with Crippen molar-refractivity contribution in [2.45, 2.75) is 44.7 Å². The Balaban J connectivity index is 1.55. The minimum atomic E-state index is -4.05. The van der Waals surface area contributed by atoms with Gasteiger partial charge in [0.15, 0.2) is 0 Å². The van der Waals surface area contributed by atoms with E-state index in [0.29, 0.717) is 29.2 Å². The molecule has 0 bridgehead atoms. The van der Waals surface area contributed by atoms with Gasteiger partial charge >= 0.3 is 0 Å². The van der Waals surface area contributed by atoms with Gasteiger partial charge in [-0.2, -0.15) is 0 Å². The van der Waals surface area contributed by atoms with Crippen LogP contribution in [-0.2, 0) is 32.7 Å². The van der Waals surface area contributed by atoms with Crippen LogP contribution < -0.4 is 9.62 Å². The number of likely N-dealkylation sites (tertiary alicyclic amines) is 1. The summed E-state index contributed by atoms with van der Waals surface area (Å²) in [6.45, 7) is 4.66. The molecule has 0 aliphatic carbocycles. The number of hydrogen-bond acceptors (Lipinski definition) is 4. The normalized spacial score (nSPS) is 13.6. The first-order valence-corrected chi connectivity index (χ1v) is 13.9. The molecule has 0 unspecified atom stereocenters. The van der Waals surface area contributed by atoms with Gasteiger partial charge in [0.25, 0.3) is 10.0 Å². The Bertz CT molecular complexity index is 1410. The topological polar surface area (TPSA) is 86.8 Å². The summed E-state index contributed by atoms with van der Waals surface area (Å²) in [5.74, 6) is -0.324. The van der Waals surface area contributed by atoms with E-state index in [2.05, 4.69) is 5.32 Å². The lowest BCUT2D eigenvalue weighted by molar-refractivity contribution is -0.128. The van der Waals surface area contributed by atoms with Gasteiger partial charge in [0, 0.05) is 31.1 Å². The molecule has 3 aromatic carbocycles. The molecule has 1 saturated heterocycles. The molecular formula is C28H30ClN3O4S. The maximum absolute atomic E-state index is 13.7. The fourth-order valence-electron chi connectivity index (χ4n) is 4.33. The van der Waals surface area contributed by atoms with Crippen molar-refractivity contribution in [2.75, 3.05) is 17.4 Å². The number of amides is 2. The number of carbonyl (C=O) groups is 2. The summed E-state index contributed by atoms with van der Waals surface area (Å²) >= 11 is 6.20. The standard InChI is InChI=1S/C28H30ClN3O4S/c1-20-9-13-25(14-10-20)37(35,36)32(26-16-24(29)12-11-21(26)2)19-27(33)30-17-22-6-3-4-7-23(22)18-31-15-5-8-28(31)34/h3-4,6-7,9-14,16H,5,8,15,17-19H2,1-2H3,(H,30,33). The van der Waals surface area contributed by atoms with Gasteiger partial charge in [-0.15, -0.1) is 0 Å². The average Bonchev–Trinajstić information content (AvgIpc) is 3.28. The van der Waals surface area contributed by atoms with Gasteiger partial charge in [-0.3, -0.25) is 13.9 Å². The molecule has 3 aromatic rings. The van der Waals surface area contributed by atoms with Crippen LogP contribution in [-0.4, -0.2) is 38.2 Å². The Hall–Kier alpha value is -3.36. The van der Waals surface area contributed by atoms with Crippen molar-refractivity contribution in [1.82, 2.24) is 10.2 Å². The summed E-state index contributed by atoms with van der Waals surface area (Å²) in [6.07, 6.45) is 1.42. The Labute approximate surface area is 223 Å². The van der Waals surface area contributed by atoms with Crippen molar-refractivity contribution >= 4 is 39.1 Å². The van der Waals surface area contributed by atoms with Crippen molar-refractivity contribution in [1.29, 1.82) is 0 Å². The van der Waals surface area contributed by atoms with Crippen molar-refractivity contribution < 1.29 is 18.0 Å². The number of anilines is 1. The third-order valence-electron chi connectivity index (χ3n) is 6.46. The first-order chi connectivity index (χ1) is 17.6. The fraction of sp³-hybridized carbons (Fsp3) is 0.286. The van der Waals surface area contributed by atoms with Gasteiger partial charge in [0.1, 0.15) is 6.54 Å². The summed E-state index contributed by atoms with van der Waals surface area (Å²) in [5, 5.41) is 3.23. The van der Waals surface area contributed by atoms with Crippen molar-refractivity contribution in [3.8, 4) is 0 Å². The van der Waals surface area contributed by atoms with E-state index < -0.39 is 22.5 Å². The fourth-order valence-corrected chi connectivity index (χ4v) is 5.97. The van der Waals surface area contributed by atoms with Crippen LogP contribution in [0.4, 0.5) is 5.69 Å². The van der Waals surface area contributed by atoms with E-state index in [9.17, 15) is 18.0 Å². The quantitative estimate of drug-likeness (QED) is 0.431. The number of rotatable bonds is 9. The first-order valence-electron chi connectivity index (χ1n) is 12.1. The largest absolute Gasteiger partial charge is 0.350 e. The van der Waals surface area contributed by atoms with Crippen LogP contribution in [0.1, 0.15) is 35.1 Å². The Morgan fingerprint density at radius 3 is 2.41 bits per heavy atom. The monoisotopic (exact) mass is 539 g/mol. The molecule has 37 heavy (non-hydrogen) atoms. The number of aryl methyl sites for hydroxylation is 2. The van der Waals surface area contributed by atoms with Crippen LogP contribution in [0.25, 0.3) is 0 Å². The second-order valence-corrected chi connectivity index (χ2v) is 11.5. The van der Waals surface area contributed by atoms with Gasteiger partial charge in [-0.05, 0) is 61.2 Å². The predicted molar refractivity (Wildman–Crippen MR) is 145 cm³/mol. The van der Waals surface area contributed by atoms with E-state index >= 15 is 0 Å². The SMILES string of the molecule is Cc1ccc(S(=O)(=O)N(CC(=O)NCc2ccccc2CN2CCCC2=O)c2cc(Cl)ccc2C)cc1. The molecule has 1 aliphatic heterocycles. The number of nitrogens with one attached hydrogen (secondary N) is 1. The summed E-state index contributed by atoms with van der Waals surface area (Å²) in [6, 6.07) is 19.1. The zero-order valence-electron chi connectivity index (χ0n) is 20.9. The molecule has 194 valence electrons. The second kappa shape index (κ2) is 11.4. The number of halogens is 1. The summed E-state index contributed by atoms with van der Waals surface area (Å²) < 4.78 is 28.4. The van der Waals surface area contributed by atoms with E-state index in [1.54, 1.807) is 37.3 Å². The first kappa shape index (κ1) is 26.7. The highest BCUT2D eigenvalue weighted by atomic mass is 35.5. The van der Waals surface area contributed by atoms with Gasteiger partial charge < -0.3 is 10.2 Å². The van der Waals surface area contributed by atoms with Gasteiger partial charge in [0.2, 0.25) is 11.8 Å². The van der Waals surface area contributed by atoms with Crippen LogP contribution in [0.15, 0.2) is 71.6 Å².